The van der Waals surface area contributed by atoms with Crippen molar-refractivity contribution in [3.63, 3.8) is 0 Å². The molecule has 0 aromatic carbocycles. The van der Waals surface area contributed by atoms with Gasteiger partial charge in [-0.1, -0.05) is 13.8 Å². The maximum atomic E-state index is 11.3. The highest BCUT2D eigenvalue weighted by Crippen LogP contribution is 2.17. The van der Waals surface area contributed by atoms with Crippen LogP contribution in [-0.4, -0.2) is 38.4 Å². The molecule has 118 valence electrons. The predicted molar refractivity (Wildman–Crippen MR) is 79.3 cm³/mol. The number of nitrogens with one attached hydrogen (secondary N) is 1. The monoisotopic (exact) mass is 306 g/mol. The summed E-state index contributed by atoms with van der Waals surface area (Å²) < 4.78 is 11.6. The number of rotatable bonds is 6. The number of nitrogens with zero attached hydrogens (tertiary/aromatic N) is 5. The Morgan fingerprint density at radius 3 is 2.59 bits per heavy atom. The van der Waals surface area contributed by atoms with Crippen LogP contribution < -0.4 is 20.3 Å². The van der Waals surface area contributed by atoms with E-state index < -0.39 is 0 Å². The van der Waals surface area contributed by atoms with E-state index in [-0.39, 0.29) is 23.5 Å². The number of aryl methyl sites for hydroxylation is 1. The van der Waals surface area contributed by atoms with Crippen molar-refractivity contribution in [2.24, 2.45) is 13.0 Å². The molecule has 2 aromatic heterocycles. The standard InChI is InChI=1S/C13H18N6O3/c1-8(2)7-14-11-15-12(21-4)17-13(16-11)22-9-5-6-10(20)19(3)18-9/h5-6,8H,7H2,1-4H3,(H,14,15,16,17). The summed E-state index contributed by atoms with van der Waals surface area (Å²) in [6.45, 7) is 4.83. The molecule has 0 aliphatic heterocycles. The van der Waals surface area contributed by atoms with E-state index in [1.54, 1.807) is 0 Å². The molecule has 9 nitrogen and oxygen atoms in total. The number of anilines is 1. The summed E-state index contributed by atoms with van der Waals surface area (Å²) in [6, 6.07) is 2.95. The first-order chi connectivity index (χ1) is 10.5. The summed E-state index contributed by atoms with van der Waals surface area (Å²) >= 11 is 0. The zero-order chi connectivity index (χ0) is 16.1. The molecule has 2 rings (SSSR count). The van der Waals surface area contributed by atoms with Gasteiger partial charge in [0.15, 0.2) is 0 Å². The van der Waals surface area contributed by atoms with E-state index in [0.29, 0.717) is 18.4 Å². The van der Waals surface area contributed by atoms with Crippen LogP contribution in [0.5, 0.6) is 17.9 Å². The lowest BCUT2D eigenvalue weighted by Gasteiger charge is -2.10. The van der Waals surface area contributed by atoms with Crippen LogP contribution in [0.4, 0.5) is 5.95 Å². The lowest BCUT2D eigenvalue weighted by molar-refractivity contribution is 0.353. The molecule has 22 heavy (non-hydrogen) atoms. The molecule has 0 aliphatic carbocycles. The fraction of sp³-hybridized carbons (Fsp3) is 0.462. The lowest BCUT2D eigenvalue weighted by Crippen LogP contribution is -2.18. The van der Waals surface area contributed by atoms with Gasteiger partial charge in [0, 0.05) is 25.7 Å². The van der Waals surface area contributed by atoms with Crippen molar-refractivity contribution in [3.05, 3.63) is 22.5 Å². The van der Waals surface area contributed by atoms with Crippen molar-refractivity contribution < 1.29 is 9.47 Å². The Bertz CT molecular complexity index is 700. The van der Waals surface area contributed by atoms with Crippen LogP contribution in [-0.2, 0) is 7.05 Å². The molecule has 0 aliphatic rings. The first-order valence-electron chi connectivity index (χ1n) is 6.74. The highest BCUT2D eigenvalue weighted by atomic mass is 16.5. The van der Waals surface area contributed by atoms with Gasteiger partial charge in [-0.2, -0.15) is 9.97 Å². The predicted octanol–water partition coefficient (Wildman–Crippen LogP) is 0.834. The number of aromatic nitrogens is 5. The van der Waals surface area contributed by atoms with Crippen LogP contribution in [0, 0.1) is 5.92 Å². The number of hydrogen-bond donors (Lipinski definition) is 1. The van der Waals surface area contributed by atoms with Gasteiger partial charge in [0.2, 0.25) is 11.8 Å². The topological polar surface area (TPSA) is 104 Å². The summed E-state index contributed by atoms with van der Waals surface area (Å²) in [4.78, 5) is 23.5. The smallest absolute Gasteiger partial charge is 0.331 e. The fourth-order valence-corrected chi connectivity index (χ4v) is 1.48. The van der Waals surface area contributed by atoms with Crippen LogP contribution in [0.25, 0.3) is 0 Å². The zero-order valence-electron chi connectivity index (χ0n) is 12.9. The van der Waals surface area contributed by atoms with E-state index in [2.05, 4.69) is 39.2 Å². The minimum absolute atomic E-state index is 0.0317. The molecule has 0 radical (unpaired) electrons. The Labute approximate surface area is 127 Å². The van der Waals surface area contributed by atoms with Gasteiger partial charge in [0.05, 0.1) is 7.11 Å². The molecule has 0 amide bonds. The molecule has 0 fully saturated rings. The molecule has 0 saturated carbocycles. The van der Waals surface area contributed by atoms with Gasteiger partial charge in [-0.3, -0.25) is 4.79 Å². The van der Waals surface area contributed by atoms with E-state index in [9.17, 15) is 4.79 Å². The van der Waals surface area contributed by atoms with E-state index in [0.717, 1.165) is 4.68 Å². The largest absolute Gasteiger partial charge is 0.467 e. The number of hydrogen-bond acceptors (Lipinski definition) is 8. The lowest BCUT2D eigenvalue weighted by atomic mass is 10.2. The first-order valence-corrected chi connectivity index (χ1v) is 6.74. The average molecular weight is 306 g/mol. The third-order valence-electron chi connectivity index (χ3n) is 2.58. The van der Waals surface area contributed by atoms with Gasteiger partial charge in [-0.25, -0.2) is 4.68 Å². The minimum Gasteiger partial charge on any atom is -0.467 e. The minimum atomic E-state index is -0.236. The van der Waals surface area contributed by atoms with Gasteiger partial charge < -0.3 is 14.8 Å². The van der Waals surface area contributed by atoms with Gasteiger partial charge in [-0.15, -0.1) is 10.1 Å². The molecule has 1 N–H and O–H groups in total. The molecule has 0 spiro atoms. The van der Waals surface area contributed by atoms with Gasteiger partial charge in [-0.05, 0) is 5.92 Å². The van der Waals surface area contributed by atoms with Crippen LogP contribution in [0.15, 0.2) is 16.9 Å². The van der Waals surface area contributed by atoms with Crippen molar-refractivity contribution in [2.45, 2.75) is 13.8 Å². The van der Waals surface area contributed by atoms with Gasteiger partial charge in [0.25, 0.3) is 5.56 Å². The molecule has 0 saturated heterocycles. The molecular weight excluding hydrogens is 288 g/mol. The highest BCUT2D eigenvalue weighted by molar-refractivity contribution is 5.28. The van der Waals surface area contributed by atoms with E-state index in [1.165, 1.54) is 26.3 Å². The second kappa shape index (κ2) is 6.83. The quantitative estimate of drug-likeness (QED) is 0.837. The molecule has 0 unspecified atom stereocenters. The Hall–Kier alpha value is -2.71. The maximum absolute atomic E-state index is 11.3. The number of ether oxygens (including phenoxy) is 2. The SMILES string of the molecule is COc1nc(NCC(C)C)nc(Oc2ccc(=O)n(C)n2)n1. The van der Waals surface area contributed by atoms with Crippen molar-refractivity contribution in [3.8, 4) is 17.9 Å². The molecule has 0 bridgehead atoms. The van der Waals surface area contributed by atoms with Crippen molar-refractivity contribution in [1.29, 1.82) is 0 Å². The molecule has 0 atom stereocenters. The zero-order valence-corrected chi connectivity index (χ0v) is 12.9. The Balaban J connectivity index is 2.23. The fourth-order valence-electron chi connectivity index (χ4n) is 1.48. The molecular formula is C13H18N6O3. The molecule has 9 heteroatoms. The summed E-state index contributed by atoms with van der Waals surface area (Å²) in [5, 5.41) is 7.02. The highest BCUT2D eigenvalue weighted by Gasteiger charge is 2.10. The van der Waals surface area contributed by atoms with E-state index >= 15 is 0 Å². The van der Waals surface area contributed by atoms with Crippen molar-refractivity contribution >= 4 is 5.95 Å². The van der Waals surface area contributed by atoms with Crippen molar-refractivity contribution in [1.82, 2.24) is 24.7 Å². The average Bonchev–Trinajstić information content (AvgIpc) is 2.48. The number of methoxy groups -OCH3 is 1. The van der Waals surface area contributed by atoms with Crippen molar-refractivity contribution in [2.75, 3.05) is 19.0 Å². The Morgan fingerprint density at radius 2 is 1.95 bits per heavy atom. The maximum Gasteiger partial charge on any atom is 0.331 e. The first kappa shape index (κ1) is 15.7. The second-order valence-electron chi connectivity index (χ2n) is 4.94. The van der Waals surface area contributed by atoms with Gasteiger partial charge >= 0.3 is 12.0 Å². The van der Waals surface area contributed by atoms with Gasteiger partial charge in [0.1, 0.15) is 0 Å². The van der Waals surface area contributed by atoms with E-state index in [1.807, 2.05) is 0 Å². The summed E-state index contributed by atoms with van der Waals surface area (Å²) in [6.07, 6.45) is 0. The van der Waals surface area contributed by atoms with Crippen LogP contribution >= 0.6 is 0 Å². The summed E-state index contributed by atoms with van der Waals surface area (Å²) in [5.74, 6) is 0.975. The Kier molecular flexibility index (Phi) is 4.87. The normalized spacial score (nSPS) is 10.6. The Morgan fingerprint density at radius 1 is 1.23 bits per heavy atom. The van der Waals surface area contributed by atoms with Crippen LogP contribution in [0.3, 0.4) is 0 Å². The summed E-state index contributed by atoms with van der Waals surface area (Å²) in [7, 11) is 2.98. The third kappa shape index (κ3) is 4.14. The third-order valence-corrected chi connectivity index (χ3v) is 2.58. The van der Waals surface area contributed by atoms with Crippen LogP contribution in [0.2, 0.25) is 0 Å². The second-order valence-corrected chi connectivity index (χ2v) is 4.94. The molecule has 2 aromatic rings. The van der Waals surface area contributed by atoms with Crippen LogP contribution in [0.1, 0.15) is 13.8 Å². The summed E-state index contributed by atoms with van der Waals surface area (Å²) in [5.41, 5.74) is -0.236. The molecule has 2 heterocycles. The van der Waals surface area contributed by atoms with E-state index in [4.69, 9.17) is 9.47 Å².